The fraction of sp³-hybridized carbons (Fsp3) is 0.708. The number of nitrogens with zero attached hydrogens (tertiary/aromatic N) is 3. The van der Waals surface area contributed by atoms with Crippen LogP contribution in [0.15, 0.2) is 24.3 Å². The number of amides is 1. The number of carbonyl (C=O) groups excluding carboxylic acids is 1. The molecule has 0 radical (unpaired) electrons. The summed E-state index contributed by atoms with van der Waals surface area (Å²) in [6, 6.07) is 9.52. The van der Waals surface area contributed by atoms with Gasteiger partial charge in [-0.2, -0.15) is 0 Å². The SMILES string of the molecule is CCc1ccc(CN2CCC[C@@H](CCC(=O)N(C)C3CCN(C)CC3)C2)cc1. The fourth-order valence-electron chi connectivity index (χ4n) is 4.76. The monoisotopic (exact) mass is 385 g/mol. The first-order valence-electron chi connectivity index (χ1n) is 11.3. The molecule has 0 saturated carbocycles. The van der Waals surface area contributed by atoms with Gasteiger partial charge in [-0.05, 0) is 82.3 Å². The lowest BCUT2D eigenvalue weighted by molar-refractivity contribution is -0.133. The van der Waals surface area contributed by atoms with Crippen LogP contribution in [0.2, 0.25) is 0 Å². The van der Waals surface area contributed by atoms with Crippen molar-refractivity contribution in [3.05, 3.63) is 35.4 Å². The molecule has 2 saturated heterocycles. The van der Waals surface area contributed by atoms with Crippen LogP contribution in [0.25, 0.3) is 0 Å². The number of likely N-dealkylation sites (tertiary alicyclic amines) is 2. The van der Waals surface area contributed by atoms with E-state index < -0.39 is 0 Å². The molecule has 1 aromatic carbocycles. The smallest absolute Gasteiger partial charge is 0.222 e. The van der Waals surface area contributed by atoms with Crippen LogP contribution in [-0.2, 0) is 17.8 Å². The number of hydrogen-bond donors (Lipinski definition) is 0. The largest absolute Gasteiger partial charge is 0.343 e. The van der Waals surface area contributed by atoms with Crippen LogP contribution in [0.1, 0.15) is 56.6 Å². The van der Waals surface area contributed by atoms with Crippen molar-refractivity contribution < 1.29 is 4.79 Å². The number of hydrogen-bond acceptors (Lipinski definition) is 3. The first kappa shape index (κ1) is 21.3. The van der Waals surface area contributed by atoms with Crippen molar-refractivity contribution in [2.75, 3.05) is 40.3 Å². The maximum absolute atomic E-state index is 12.7. The lowest BCUT2D eigenvalue weighted by atomic mass is 9.92. The molecule has 1 amide bonds. The molecule has 2 heterocycles. The van der Waals surface area contributed by atoms with E-state index in [1.807, 2.05) is 11.9 Å². The number of rotatable bonds is 7. The zero-order valence-corrected chi connectivity index (χ0v) is 18.2. The average molecular weight is 386 g/mol. The molecule has 4 nitrogen and oxygen atoms in total. The normalized spacial score (nSPS) is 22.3. The van der Waals surface area contributed by atoms with E-state index in [0.29, 0.717) is 24.3 Å². The number of aryl methyl sites for hydroxylation is 1. The highest BCUT2D eigenvalue weighted by molar-refractivity contribution is 5.76. The van der Waals surface area contributed by atoms with Gasteiger partial charge in [-0.15, -0.1) is 0 Å². The van der Waals surface area contributed by atoms with E-state index in [0.717, 1.165) is 51.9 Å². The maximum Gasteiger partial charge on any atom is 0.222 e. The third-order valence-corrected chi connectivity index (χ3v) is 6.84. The summed E-state index contributed by atoms with van der Waals surface area (Å²) in [5, 5.41) is 0. The van der Waals surface area contributed by atoms with Gasteiger partial charge in [-0.1, -0.05) is 31.2 Å². The quantitative estimate of drug-likeness (QED) is 0.714. The van der Waals surface area contributed by atoms with E-state index in [2.05, 4.69) is 48.0 Å². The van der Waals surface area contributed by atoms with Gasteiger partial charge in [-0.25, -0.2) is 0 Å². The fourth-order valence-corrected chi connectivity index (χ4v) is 4.76. The summed E-state index contributed by atoms with van der Waals surface area (Å²) in [6.07, 6.45) is 7.63. The zero-order chi connectivity index (χ0) is 19.9. The minimum atomic E-state index is 0.349. The lowest BCUT2D eigenvalue weighted by Gasteiger charge is -2.36. The first-order chi connectivity index (χ1) is 13.5. The highest BCUT2D eigenvalue weighted by atomic mass is 16.2. The second-order valence-electron chi connectivity index (χ2n) is 8.99. The molecule has 3 rings (SSSR count). The van der Waals surface area contributed by atoms with E-state index >= 15 is 0 Å². The van der Waals surface area contributed by atoms with Crippen LogP contribution < -0.4 is 0 Å². The van der Waals surface area contributed by atoms with Gasteiger partial charge in [0, 0.05) is 32.6 Å². The predicted molar refractivity (Wildman–Crippen MR) is 116 cm³/mol. The Kier molecular flexibility index (Phi) is 7.92. The average Bonchev–Trinajstić information content (AvgIpc) is 2.73. The molecule has 1 aromatic rings. The first-order valence-corrected chi connectivity index (χ1v) is 11.3. The molecule has 0 aromatic heterocycles. The number of benzene rings is 1. The summed E-state index contributed by atoms with van der Waals surface area (Å²) in [4.78, 5) is 19.7. The van der Waals surface area contributed by atoms with Crippen LogP contribution in [0.3, 0.4) is 0 Å². The van der Waals surface area contributed by atoms with Crippen LogP contribution in [0.4, 0.5) is 0 Å². The van der Waals surface area contributed by atoms with Gasteiger partial charge in [0.05, 0.1) is 0 Å². The van der Waals surface area contributed by atoms with Crippen LogP contribution in [-0.4, -0.2) is 66.9 Å². The van der Waals surface area contributed by atoms with Gasteiger partial charge in [0.2, 0.25) is 5.91 Å². The molecule has 0 unspecified atom stereocenters. The van der Waals surface area contributed by atoms with E-state index in [4.69, 9.17) is 0 Å². The third-order valence-electron chi connectivity index (χ3n) is 6.84. The molecule has 2 aliphatic heterocycles. The Labute approximate surface area is 171 Å². The Morgan fingerprint density at radius 3 is 2.43 bits per heavy atom. The van der Waals surface area contributed by atoms with Crippen LogP contribution in [0.5, 0.6) is 0 Å². The molecule has 0 spiro atoms. The van der Waals surface area contributed by atoms with E-state index in [9.17, 15) is 4.79 Å². The Hall–Kier alpha value is -1.39. The van der Waals surface area contributed by atoms with Crippen molar-refractivity contribution >= 4 is 5.91 Å². The molecule has 0 aliphatic carbocycles. The van der Waals surface area contributed by atoms with E-state index in [1.165, 1.54) is 30.5 Å². The summed E-state index contributed by atoms with van der Waals surface area (Å²) in [6.45, 7) is 7.80. The number of carbonyl (C=O) groups is 1. The molecular formula is C24H39N3O. The Bertz CT molecular complexity index is 607. The van der Waals surface area contributed by atoms with Gasteiger partial charge in [0.1, 0.15) is 0 Å². The summed E-state index contributed by atoms with van der Waals surface area (Å²) in [5.74, 6) is 1.01. The molecule has 156 valence electrons. The highest BCUT2D eigenvalue weighted by Crippen LogP contribution is 2.24. The maximum atomic E-state index is 12.7. The minimum absolute atomic E-state index is 0.349. The number of piperidine rings is 2. The molecule has 0 N–H and O–H groups in total. The Balaban J connectivity index is 1.42. The molecule has 2 aliphatic rings. The van der Waals surface area contributed by atoms with Crippen molar-refractivity contribution in [1.82, 2.24) is 14.7 Å². The molecule has 0 bridgehead atoms. The Morgan fingerprint density at radius 1 is 1.07 bits per heavy atom. The minimum Gasteiger partial charge on any atom is -0.343 e. The standard InChI is InChI=1S/C24H39N3O/c1-4-20-7-9-22(10-8-20)19-27-15-5-6-21(18-27)11-12-24(28)26(3)23-13-16-25(2)17-14-23/h7-10,21,23H,4-6,11-19H2,1-3H3/t21-/m0/s1. The molecule has 4 heteroatoms. The molecule has 28 heavy (non-hydrogen) atoms. The van der Waals surface area contributed by atoms with Crippen molar-refractivity contribution in [3.8, 4) is 0 Å². The van der Waals surface area contributed by atoms with Crippen molar-refractivity contribution in [2.24, 2.45) is 5.92 Å². The van der Waals surface area contributed by atoms with Gasteiger partial charge < -0.3 is 9.80 Å². The second kappa shape index (κ2) is 10.4. The topological polar surface area (TPSA) is 26.8 Å². The third kappa shape index (κ3) is 6.05. The van der Waals surface area contributed by atoms with Crippen LogP contribution in [0, 0.1) is 5.92 Å². The molecule has 1 atom stereocenters. The van der Waals surface area contributed by atoms with Gasteiger partial charge in [0.15, 0.2) is 0 Å². The summed E-state index contributed by atoms with van der Waals surface area (Å²) >= 11 is 0. The Morgan fingerprint density at radius 2 is 1.75 bits per heavy atom. The van der Waals surface area contributed by atoms with E-state index in [1.54, 1.807) is 0 Å². The van der Waals surface area contributed by atoms with Crippen LogP contribution >= 0.6 is 0 Å². The summed E-state index contributed by atoms with van der Waals surface area (Å²) in [7, 11) is 4.19. The van der Waals surface area contributed by atoms with Gasteiger partial charge >= 0.3 is 0 Å². The molecular weight excluding hydrogens is 346 g/mol. The lowest BCUT2D eigenvalue weighted by Crippen LogP contribution is -2.44. The highest BCUT2D eigenvalue weighted by Gasteiger charge is 2.25. The predicted octanol–water partition coefficient (Wildman–Crippen LogP) is 3.79. The summed E-state index contributed by atoms with van der Waals surface area (Å²) < 4.78 is 0. The van der Waals surface area contributed by atoms with Gasteiger partial charge in [-0.3, -0.25) is 9.69 Å². The van der Waals surface area contributed by atoms with E-state index in [-0.39, 0.29) is 0 Å². The van der Waals surface area contributed by atoms with Gasteiger partial charge in [0.25, 0.3) is 0 Å². The summed E-state index contributed by atoms with van der Waals surface area (Å²) in [5.41, 5.74) is 2.82. The van der Waals surface area contributed by atoms with Crippen molar-refractivity contribution in [3.63, 3.8) is 0 Å². The second-order valence-corrected chi connectivity index (χ2v) is 8.99. The van der Waals surface area contributed by atoms with Crippen molar-refractivity contribution in [2.45, 2.75) is 64.5 Å². The van der Waals surface area contributed by atoms with Crippen molar-refractivity contribution in [1.29, 1.82) is 0 Å². The molecule has 2 fully saturated rings. The zero-order valence-electron chi connectivity index (χ0n) is 18.2.